The van der Waals surface area contributed by atoms with Gasteiger partial charge in [0.05, 0.1) is 0 Å². The lowest BCUT2D eigenvalue weighted by Gasteiger charge is -2.06. The molecule has 2 aromatic rings. The van der Waals surface area contributed by atoms with Crippen molar-refractivity contribution in [3.63, 3.8) is 0 Å². The fourth-order valence-corrected chi connectivity index (χ4v) is 2.57. The van der Waals surface area contributed by atoms with E-state index in [1.807, 2.05) is 43.3 Å². The second kappa shape index (κ2) is 4.81. The zero-order valence-corrected chi connectivity index (χ0v) is 10.5. The highest BCUT2D eigenvalue weighted by atomic mass is 35.5. The molecule has 2 aromatic carbocycles. The lowest BCUT2D eigenvalue weighted by Crippen LogP contribution is -1.89. The molecule has 0 spiro atoms. The number of aryl methyl sites for hydroxylation is 1. The molecule has 0 radical (unpaired) electrons. The molecule has 0 aromatic heterocycles. The van der Waals surface area contributed by atoms with E-state index in [1.165, 1.54) is 5.56 Å². The van der Waals surface area contributed by atoms with Gasteiger partial charge < -0.3 is 5.73 Å². The van der Waals surface area contributed by atoms with Gasteiger partial charge >= 0.3 is 0 Å². The first kappa shape index (κ1) is 11.4. The average Bonchev–Trinajstić information content (AvgIpc) is 2.22. The predicted octanol–water partition coefficient (Wildman–Crippen LogP) is 4.38. The Morgan fingerprint density at radius 3 is 2.62 bits per heavy atom. The molecule has 1 nitrogen and oxygen atoms in total. The Morgan fingerprint density at radius 2 is 1.94 bits per heavy atom. The van der Waals surface area contributed by atoms with Gasteiger partial charge in [-0.05, 0) is 42.8 Å². The molecule has 0 aliphatic heterocycles. The van der Waals surface area contributed by atoms with Gasteiger partial charge in [-0.15, -0.1) is 0 Å². The summed E-state index contributed by atoms with van der Waals surface area (Å²) in [7, 11) is 0. The van der Waals surface area contributed by atoms with Crippen LogP contribution < -0.4 is 5.73 Å². The summed E-state index contributed by atoms with van der Waals surface area (Å²) >= 11 is 7.56. The molecule has 16 heavy (non-hydrogen) atoms. The van der Waals surface area contributed by atoms with E-state index in [2.05, 4.69) is 6.07 Å². The van der Waals surface area contributed by atoms with Gasteiger partial charge in [-0.3, -0.25) is 0 Å². The standard InChI is InChI=1S/C13H12ClNS/c1-9-5-6-13(12(15)7-9)16-11-4-2-3-10(14)8-11/h2-8H,15H2,1H3. The highest BCUT2D eigenvalue weighted by Gasteiger charge is 2.02. The van der Waals surface area contributed by atoms with Crippen LogP contribution in [0.3, 0.4) is 0 Å². The van der Waals surface area contributed by atoms with Crippen molar-refractivity contribution >= 4 is 29.1 Å². The lowest BCUT2D eigenvalue weighted by atomic mass is 10.2. The van der Waals surface area contributed by atoms with E-state index in [0.717, 1.165) is 20.5 Å². The SMILES string of the molecule is Cc1ccc(Sc2cccc(Cl)c2)c(N)c1. The molecule has 0 heterocycles. The van der Waals surface area contributed by atoms with Gasteiger partial charge in [0.1, 0.15) is 0 Å². The van der Waals surface area contributed by atoms with E-state index in [-0.39, 0.29) is 0 Å². The molecule has 3 heteroatoms. The van der Waals surface area contributed by atoms with Gasteiger partial charge in [0, 0.05) is 20.5 Å². The molecular formula is C13H12ClNS. The Labute approximate surface area is 105 Å². The van der Waals surface area contributed by atoms with Gasteiger partial charge in [-0.25, -0.2) is 0 Å². The number of nitrogens with two attached hydrogens (primary N) is 1. The number of benzene rings is 2. The second-order valence-corrected chi connectivity index (χ2v) is 5.15. The fraction of sp³-hybridized carbons (Fsp3) is 0.0769. The van der Waals surface area contributed by atoms with Crippen LogP contribution in [0, 0.1) is 6.92 Å². The molecule has 0 saturated heterocycles. The molecule has 0 bridgehead atoms. The normalized spacial score (nSPS) is 10.4. The van der Waals surface area contributed by atoms with E-state index >= 15 is 0 Å². The Morgan fingerprint density at radius 1 is 1.12 bits per heavy atom. The molecule has 0 aliphatic rings. The summed E-state index contributed by atoms with van der Waals surface area (Å²) in [5, 5.41) is 0.746. The summed E-state index contributed by atoms with van der Waals surface area (Å²) in [6.45, 7) is 2.03. The number of hydrogen-bond donors (Lipinski definition) is 1. The molecule has 82 valence electrons. The second-order valence-electron chi connectivity index (χ2n) is 3.60. The fourth-order valence-electron chi connectivity index (χ4n) is 1.42. The van der Waals surface area contributed by atoms with E-state index in [4.69, 9.17) is 17.3 Å². The summed E-state index contributed by atoms with van der Waals surface area (Å²) < 4.78 is 0. The summed E-state index contributed by atoms with van der Waals surface area (Å²) in [5.41, 5.74) is 7.94. The molecule has 0 saturated carbocycles. The molecule has 0 unspecified atom stereocenters. The quantitative estimate of drug-likeness (QED) is 0.800. The molecule has 0 fully saturated rings. The van der Waals surface area contributed by atoms with Crippen LogP contribution in [0.1, 0.15) is 5.56 Å². The van der Waals surface area contributed by atoms with Gasteiger partial charge in [0.15, 0.2) is 0 Å². The summed E-state index contributed by atoms with van der Waals surface area (Å²) in [6.07, 6.45) is 0. The number of anilines is 1. The Balaban J connectivity index is 2.27. The van der Waals surface area contributed by atoms with Crippen molar-refractivity contribution < 1.29 is 0 Å². The molecule has 0 aliphatic carbocycles. The van der Waals surface area contributed by atoms with Crippen LogP contribution in [0.5, 0.6) is 0 Å². The topological polar surface area (TPSA) is 26.0 Å². The van der Waals surface area contributed by atoms with Crippen molar-refractivity contribution in [2.45, 2.75) is 16.7 Å². The van der Waals surface area contributed by atoms with E-state index in [0.29, 0.717) is 0 Å². The van der Waals surface area contributed by atoms with Gasteiger partial charge in [0.2, 0.25) is 0 Å². The van der Waals surface area contributed by atoms with Crippen LogP contribution in [0.2, 0.25) is 5.02 Å². The van der Waals surface area contributed by atoms with Crippen molar-refractivity contribution in [1.82, 2.24) is 0 Å². The first-order valence-corrected chi connectivity index (χ1v) is 6.14. The number of halogens is 1. The maximum absolute atomic E-state index is 5.95. The van der Waals surface area contributed by atoms with Crippen LogP contribution in [0.4, 0.5) is 5.69 Å². The van der Waals surface area contributed by atoms with Crippen molar-refractivity contribution in [2.75, 3.05) is 5.73 Å². The zero-order valence-electron chi connectivity index (χ0n) is 8.91. The Hall–Kier alpha value is -1.12. The summed E-state index contributed by atoms with van der Waals surface area (Å²) in [6, 6.07) is 13.8. The summed E-state index contributed by atoms with van der Waals surface area (Å²) in [4.78, 5) is 2.16. The Bertz CT molecular complexity index is 511. The highest BCUT2D eigenvalue weighted by molar-refractivity contribution is 7.99. The van der Waals surface area contributed by atoms with Gasteiger partial charge in [0.25, 0.3) is 0 Å². The molecule has 2 N–H and O–H groups in total. The highest BCUT2D eigenvalue weighted by Crippen LogP contribution is 2.33. The van der Waals surface area contributed by atoms with Crippen LogP contribution in [-0.2, 0) is 0 Å². The molecule has 2 rings (SSSR count). The van der Waals surface area contributed by atoms with Crippen molar-refractivity contribution in [3.8, 4) is 0 Å². The van der Waals surface area contributed by atoms with Crippen LogP contribution in [-0.4, -0.2) is 0 Å². The third-order valence-electron chi connectivity index (χ3n) is 2.19. The van der Waals surface area contributed by atoms with Gasteiger partial charge in [-0.2, -0.15) is 0 Å². The van der Waals surface area contributed by atoms with Crippen molar-refractivity contribution in [1.29, 1.82) is 0 Å². The number of rotatable bonds is 2. The monoisotopic (exact) mass is 249 g/mol. The predicted molar refractivity (Wildman–Crippen MR) is 71.2 cm³/mol. The number of nitrogen functional groups attached to an aromatic ring is 1. The van der Waals surface area contributed by atoms with Crippen LogP contribution >= 0.6 is 23.4 Å². The first-order chi connectivity index (χ1) is 7.65. The Kier molecular flexibility index (Phi) is 3.42. The minimum Gasteiger partial charge on any atom is -0.398 e. The van der Waals surface area contributed by atoms with Crippen molar-refractivity contribution in [3.05, 3.63) is 53.1 Å². The average molecular weight is 250 g/mol. The van der Waals surface area contributed by atoms with E-state index < -0.39 is 0 Å². The lowest BCUT2D eigenvalue weighted by molar-refractivity contribution is 1.36. The van der Waals surface area contributed by atoms with Crippen LogP contribution in [0.25, 0.3) is 0 Å². The van der Waals surface area contributed by atoms with E-state index in [9.17, 15) is 0 Å². The molecule has 0 atom stereocenters. The maximum atomic E-state index is 5.95. The molecule has 0 amide bonds. The largest absolute Gasteiger partial charge is 0.398 e. The number of hydrogen-bond acceptors (Lipinski definition) is 2. The van der Waals surface area contributed by atoms with Crippen molar-refractivity contribution in [2.24, 2.45) is 0 Å². The minimum atomic E-state index is 0.746. The van der Waals surface area contributed by atoms with Gasteiger partial charge in [-0.1, -0.05) is 35.5 Å². The molecular weight excluding hydrogens is 238 g/mol. The van der Waals surface area contributed by atoms with E-state index in [1.54, 1.807) is 11.8 Å². The van der Waals surface area contributed by atoms with Crippen LogP contribution in [0.15, 0.2) is 52.3 Å². The summed E-state index contributed by atoms with van der Waals surface area (Å²) in [5.74, 6) is 0. The third kappa shape index (κ3) is 2.71. The first-order valence-electron chi connectivity index (χ1n) is 4.95. The smallest absolute Gasteiger partial charge is 0.0458 e. The minimum absolute atomic E-state index is 0.746. The third-order valence-corrected chi connectivity index (χ3v) is 3.51. The zero-order chi connectivity index (χ0) is 11.5. The maximum Gasteiger partial charge on any atom is 0.0458 e.